The van der Waals surface area contributed by atoms with Crippen LogP contribution in [-0.4, -0.2) is 51.6 Å². The first kappa shape index (κ1) is 22.2. The van der Waals surface area contributed by atoms with Crippen molar-refractivity contribution in [2.75, 3.05) is 30.5 Å². The molecule has 0 aliphatic heterocycles. The fourth-order valence-electron chi connectivity index (χ4n) is 3.21. The van der Waals surface area contributed by atoms with E-state index >= 15 is 0 Å². The van der Waals surface area contributed by atoms with E-state index in [9.17, 15) is 9.59 Å². The van der Waals surface area contributed by atoms with Gasteiger partial charge in [-0.1, -0.05) is 6.07 Å². The first-order valence-corrected chi connectivity index (χ1v) is 10.2. The molecule has 2 heterocycles. The van der Waals surface area contributed by atoms with Gasteiger partial charge in [-0.15, -0.1) is 0 Å². The lowest BCUT2D eigenvalue weighted by Gasteiger charge is -2.26. The van der Waals surface area contributed by atoms with E-state index in [1.165, 1.54) is 0 Å². The largest absolute Gasteiger partial charge is 0.385 e. The van der Waals surface area contributed by atoms with Gasteiger partial charge in [0.2, 0.25) is 5.91 Å². The van der Waals surface area contributed by atoms with Crippen molar-refractivity contribution in [2.24, 2.45) is 0 Å². The number of amides is 2. The number of nitrogens with zero attached hydrogens (tertiary/aromatic N) is 5. The molecule has 0 aliphatic rings. The number of methoxy groups -OCH3 is 1. The zero-order chi connectivity index (χ0) is 22.2. The lowest BCUT2D eigenvalue weighted by Crippen LogP contribution is -2.37. The van der Waals surface area contributed by atoms with Crippen LogP contribution in [-0.2, 0) is 14.3 Å². The minimum atomic E-state index is -0.462. The SMILES string of the molecule is COCCCN(C(=O)[C@H](C)n1cccn1)c1cccc(NC(=O)[C@@H](C)n2cccn2)c1. The predicted molar refractivity (Wildman–Crippen MR) is 118 cm³/mol. The highest BCUT2D eigenvalue weighted by atomic mass is 16.5. The molecule has 0 fully saturated rings. The minimum absolute atomic E-state index is 0.0896. The third-order valence-corrected chi connectivity index (χ3v) is 5.00. The molecular weight excluding hydrogens is 396 g/mol. The number of anilines is 2. The average Bonchev–Trinajstić information content (AvgIpc) is 3.50. The molecule has 0 bridgehead atoms. The van der Waals surface area contributed by atoms with Gasteiger partial charge in [0.25, 0.3) is 5.91 Å². The monoisotopic (exact) mass is 424 g/mol. The second kappa shape index (κ2) is 10.5. The van der Waals surface area contributed by atoms with Crippen LogP contribution in [0.1, 0.15) is 32.4 Å². The Labute approximate surface area is 181 Å². The van der Waals surface area contributed by atoms with Gasteiger partial charge in [-0.2, -0.15) is 10.2 Å². The molecule has 0 saturated heterocycles. The van der Waals surface area contributed by atoms with E-state index in [4.69, 9.17) is 4.74 Å². The van der Waals surface area contributed by atoms with Crippen LogP contribution in [0.5, 0.6) is 0 Å². The van der Waals surface area contributed by atoms with Crippen molar-refractivity contribution in [3.8, 4) is 0 Å². The van der Waals surface area contributed by atoms with Crippen molar-refractivity contribution in [1.82, 2.24) is 19.6 Å². The number of hydrogen-bond acceptors (Lipinski definition) is 5. The highest BCUT2D eigenvalue weighted by Gasteiger charge is 2.24. The fraction of sp³-hybridized carbons (Fsp3) is 0.364. The maximum atomic E-state index is 13.3. The molecule has 3 aromatic rings. The topological polar surface area (TPSA) is 94.3 Å². The number of hydrogen-bond donors (Lipinski definition) is 1. The summed E-state index contributed by atoms with van der Waals surface area (Å²) in [5, 5.41) is 11.2. The van der Waals surface area contributed by atoms with Crippen LogP contribution in [0.3, 0.4) is 0 Å². The number of ether oxygens (including phenoxy) is 1. The molecule has 31 heavy (non-hydrogen) atoms. The Hall–Kier alpha value is -3.46. The van der Waals surface area contributed by atoms with Crippen LogP contribution in [0.4, 0.5) is 11.4 Å². The van der Waals surface area contributed by atoms with Gasteiger partial charge >= 0.3 is 0 Å². The summed E-state index contributed by atoms with van der Waals surface area (Å²) in [5.74, 6) is -0.281. The zero-order valence-electron chi connectivity index (χ0n) is 18.0. The number of nitrogens with one attached hydrogen (secondary N) is 1. The van der Waals surface area contributed by atoms with Gasteiger partial charge in [0.05, 0.1) is 0 Å². The fourth-order valence-corrected chi connectivity index (χ4v) is 3.21. The molecule has 0 saturated carbocycles. The third-order valence-electron chi connectivity index (χ3n) is 5.00. The molecule has 9 nitrogen and oxygen atoms in total. The second-order valence-corrected chi connectivity index (χ2v) is 7.20. The molecule has 1 N–H and O–H groups in total. The molecule has 0 spiro atoms. The molecule has 0 aliphatic carbocycles. The zero-order valence-corrected chi connectivity index (χ0v) is 18.0. The number of aromatic nitrogens is 4. The van der Waals surface area contributed by atoms with E-state index in [1.54, 1.807) is 77.3 Å². The van der Waals surface area contributed by atoms with Gasteiger partial charge in [-0.05, 0) is 50.6 Å². The van der Waals surface area contributed by atoms with Crippen molar-refractivity contribution >= 4 is 23.2 Å². The summed E-state index contributed by atoms with van der Waals surface area (Å²) in [6, 6.07) is 9.91. The van der Waals surface area contributed by atoms with Crippen LogP contribution in [0.15, 0.2) is 61.2 Å². The Morgan fingerprint density at radius 2 is 1.74 bits per heavy atom. The van der Waals surface area contributed by atoms with Crippen molar-refractivity contribution in [2.45, 2.75) is 32.4 Å². The number of carbonyl (C=O) groups excluding carboxylic acids is 2. The number of benzene rings is 1. The van der Waals surface area contributed by atoms with E-state index in [-0.39, 0.29) is 11.8 Å². The van der Waals surface area contributed by atoms with Gasteiger partial charge in [0.1, 0.15) is 12.1 Å². The molecule has 0 unspecified atom stereocenters. The molecule has 0 radical (unpaired) electrons. The highest BCUT2D eigenvalue weighted by molar-refractivity contribution is 5.98. The maximum absolute atomic E-state index is 13.3. The van der Waals surface area contributed by atoms with Crippen LogP contribution < -0.4 is 10.2 Å². The first-order chi connectivity index (χ1) is 15.0. The number of carbonyl (C=O) groups is 2. The summed E-state index contributed by atoms with van der Waals surface area (Å²) in [5.41, 5.74) is 1.31. The Bertz CT molecular complexity index is 971. The molecule has 1 aromatic carbocycles. The summed E-state index contributed by atoms with van der Waals surface area (Å²) in [7, 11) is 1.63. The van der Waals surface area contributed by atoms with Gasteiger partial charge in [-0.3, -0.25) is 19.0 Å². The molecule has 2 atom stereocenters. The summed E-state index contributed by atoms with van der Waals surface area (Å²) < 4.78 is 8.37. The molecular formula is C22H28N6O3. The van der Waals surface area contributed by atoms with E-state index in [0.29, 0.717) is 30.9 Å². The molecule has 2 amide bonds. The van der Waals surface area contributed by atoms with Gasteiger partial charge in [0.15, 0.2) is 0 Å². The standard InChI is InChI=1S/C22H28N6O3/c1-17(27-13-5-10-23-27)21(29)25-19-8-4-9-20(16-19)26(12-7-15-31-3)22(30)18(2)28-14-6-11-24-28/h4-6,8-11,13-14,16-18H,7,12,15H2,1-3H3,(H,25,29)/t17-,18+/m1/s1. The van der Waals surface area contributed by atoms with Crippen LogP contribution in [0, 0.1) is 0 Å². The van der Waals surface area contributed by atoms with Crippen molar-refractivity contribution < 1.29 is 14.3 Å². The van der Waals surface area contributed by atoms with E-state index in [2.05, 4.69) is 15.5 Å². The summed E-state index contributed by atoms with van der Waals surface area (Å²) in [4.78, 5) is 27.6. The Morgan fingerprint density at radius 1 is 1.06 bits per heavy atom. The van der Waals surface area contributed by atoms with Gasteiger partial charge in [-0.25, -0.2) is 0 Å². The summed E-state index contributed by atoms with van der Waals surface area (Å²) in [6.07, 6.45) is 7.47. The highest BCUT2D eigenvalue weighted by Crippen LogP contribution is 2.23. The van der Waals surface area contributed by atoms with E-state index in [1.807, 2.05) is 19.1 Å². The van der Waals surface area contributed by atoms with Crippen molar-refractivity contribution in [1.29, 1.82) is 0 Å². The van der Waals surface area contributed by atoms with E-state index < -0.39 is 12.1 Å². The Balaban J connectivity index is 1.78. The average molecular weight is 425 g/mol. The van der Waals surface area contributed by atoms with Crippen LogP contribution in [0.25, 0.3) is 0 Å². The van der Waals surface area contributed by atoms with Crippen molar-refractivity contribution in [3.63, 3.8) is 0 Å². The van der Waals surface area contributed by atoms with Crippen molar-refractivity contribution in [3.05, 3.63) is 61.2 Å². The van der Waals surface area contributed by atoms with Gasteiger partial charge < -0.3 is 15.0 Å². The minimum Gasteiger partial charge on any atom is -0.385 e. The lowest BCUT2D eigenvalue weighted by molar-refractivity contribution is -0.121. The second-order valence-electron chi connectivity index (χ2n) is 7.20. The Morgan fingerprint density at radius 3 is 2.35 bits per heavy atom. The van der Waals surface area contributed by atoms with E-state index in [0.717, 1.165) is 0 Å². The first-order valence-electron chi connectivity index (χ1n) is 10.2. The third kappa shape index (κ3) is 5.58. The normalized spacial score (nSPS) is 12.9. The quantitative estimate of drug-likeness (QED) is 0.505. The molecule has 2 aromatic heterocycles. The molecule has 3 rings (SSSR count). The summed E-state index contributed by atoms with van der Waals surface area (Å²) >= 11 is 0. The maximum Gasteiger partial charge on any atom is 0.251 e. The summed E-state index contributed by atoms with van der Waals surface area (Å²) in [6.45, 7) is 4.62. The molecule has 9 heteroatoms. The predicted octanol–water partition coefficient (Wildman–Crippen LogP) is 2.91. The number of rotatable bonds is 10. The van der Waals surface area contributed by atoms with Crippen LogP contribution in [0.2, 0.25) is 0 Å². The smallest absolute Gasteiger partial charge is 0.251 e. The van der Waals surface area contributed by atoms with Crippen LogP contribution >= 0.6 is 0 Å². The lowest BCUT2D eigenvalue weighted by atomic mass is 10.2. The molecule has 164 valence electrons. The Kier molecular flexibility index (Phi) is 7.55. The van der Waals surface area contributed by atoms with Gasteiger partial charge in [0, 0.05) is 56.4 Å².